The lowest BCUT2D eigenvalue weighted by molar-refractivity contribution is -0.132. The minimum Gasteiger partial charge on any atom is -0.379 e. The van der Waals surface area contributed by atoms with Crippen molar-refractivity contribution < 1.29 is 9.53 Å². The highest BCUT2D eigenvalue weighted by Gasteiger charge is 2.21. The maximum atomic E-state index is 11.5. The van der Waals surface area contributed by atoms with Crippen molar-refractivity contribution in [1.82, 2.24) is 10.2 Å². The Labute approximate surface area is 79.2 Å². The maximum Gasteiger partial charge on any atom is 0.225 e. The first-order valence-electron chi connectivity index (χ1n) is 4.77. The molecule has 0 bridgehead atoms. The first-order chi connectivity index (χ1) is 6.25. The van der Waals surface area contributed by atoms with E-state index in [9.17, 15) is 4.79 Å². The Balaban J connectivity index is 2.48. The van der Waals surface area contributed by atoms with Gasteiger partial charge in [0.1, 0.15) is 0 Å². The van der Waals surface area contributed by atoms with Gasteiger partial charge < -0.3 is 15.0 Å². The molecule has 1 saturated heterocycles. The van der Waals surface area contributed by atoms with Crippen LogP contribution in [-0.2, 0) is 9.53 Å². The smallest absolute Gasteiger partial charge is 0.225 e. The standard InChI is InChI=1S/C9H18N2O2/c1-8(7-10-2)11-4-6-13-5-3-9(11)12/h8,10H,3-7H2,1-2H3. The SMILES string of the molecule is CNCC(C)N1CCOCCC1=O. The Morgan fingerprint density at radius 3 is 3.08 bits per heavy atom. The van der Waals surface area contributed by atoms with Gasteiger partial charge in [-0.2, -0.15) is 0 Å². The number of rotatable bonds is 3. The summed E-state index contributed by atoms with van der Waals surface area (Å²) >= 11 is 0. The molecule has 1 heterocycles. The molecule has 0 radical (unpaired) electrons. The third-order valence-electron chi connectivity index (χ3n) is 2.29. The van der Waals surface area contributed by atoms with Crippen molar-refractivity contribution in [3.63, 3.8) is 0 Å². The highest BCUT2D eigenvalue weighted by molar-refractivity contribution is 5.76. The lowest BCUT2D eigenvalue weighted by atomic mass is 10.2. The molecule has 1 fully saturated rings. The van der Waals surface area contributed by atoms with Gasteiger partial charge in [-0.05, 0) is 14.0 Å². The number of nitrogens with one attached hydrogen (secondary N) is 1. The summed E-state index contributed by atoms with van der Waals surface area (Å²) in [6.07, 6.45) is 0.522. The number of carbonyl (C=O) groups excluding carboxylic acids is 1. The summed E-state index contributed by atoms with van der Waals surface area (Å²) in [6, 6.07) is 0.263. The van der Waals surface area contributed by atoms with E-state index in [0.29, 0.717) is 19.6 Å². The minimum absolute atomic E-state index is 0.209. The zero-order valence-corrected chi connectivity index (χ0v) is 8.38. The molecular formula is C9H18N2O2. The van der Waals surface area contributed by atoms with Crippen molar-refractivity contribution in [3.05, 3.63) is 0 Å². The summed E-state index contributed by atoms with van der Waals surface area (Å²) in [7, 11) is 1.90. The molecule has 0 aliphatic carbocycles. The van der Waals surface area contributed by atoms with Gasteiger partial charge in [-0.3, -0.25) is 4.79 Å². The van der Waals surface area contributed by atoms with Crippen molar-refractivity contribution >= 4 is 5.91 Å². The first-order valence-corrected chi connectivity index (χ1v) is 4.77. The molecule has 0 aromatic rings. The van der Waals surface area contributed by atoms with E-state index >= 15 is 0 Å². The molecule has 13 heavy (non-hydrogen) atoms. The zero-order valence-electron chi connectivity index (χ0n) is 8.38. The number of likely N-dealkylation sites (N-methyl/N-ethyl adjacent to an activating group) is 1. The highest BCUT2D eigenvalue weighted by atomic mass is 16.5. The molecule has 0 aromatic carbocycles. The summed E-state index contributed by atoms with van der Waals surface area (Å²) in [5.74, 6) is 0.209. The number of hydrogen-bond acceptors (Lipinski definition) is 3. The van der Waals surface area contributed by atoms with Crippen LogP contribution in [-0.4, -0.2) is 50.2 Å². The Morgan fingerprint density at radius 1 is 1.62 bits per heavy atom. The van der Waals surface area contributed by atoms with Gasteiger partial charge >= 0.3 is 0 Å². The second kappa shape index (κ2) is 5.19. The van der Waals surface area contributed by atoms with Crippen LogP contribution in [0.3, 0.4) is 0 Å². The Morgan fingerprint density at radius 2 is 2.38 bits per heavy atom. The van der Waals surface area contributed by atoms with Crippen molar-refractivity contribution in [2.24, 2.45) is 0 Å². The van der Waals surface area contributed by atoms with Gasteiger partial charge in [-0.15, -0.1) is 0 Å². The fourth-order valence-corrected chi connectivity index (χ4v) is 1.56. The molecule has 1 atom stereocenters. The van der Waals surface area contributed by atoms with Gasteiger partial charge in [0.2, 0.25) is 5.91 Å². The molecule has 1 aliphatic rings. The molecule has 1 N–H and O–H groups in total. The van der Waals surface area contributed by atoms with Crippen LogP contribution in [0.25, 0.3) is 0 Å². The number of ether oxygens (including phenoxy) is 1. The number of nitrogens with zero attached hydrogens (tertiary/aromatic N) is 1. The quantitative estimate of drug-likeness (QED) is 0.666. The number of carbonyl (C=O) groups is 1. The largest absolute Gasteiger partial charge is 0.379 e. The average Bonchev–Trinajstić information content (AvgIpc) is 2.30. The molecule has 1 rings (SSSR count). The van der Waals surface area contributed by atoms with Crippen LogP contribution in [0, 0.1) is 0 Å². The van der Waals surface area contributed by atoms with Crippen LogP contribution in [0.2, 0.25) is 0 Å². The van der Waals surface area contributed by atoms with Crippen LogP contribution in [0.5, 0.6) is 0 Å². The molecule has 4 heteroatoms. The molecule has 76 valence electrons. The van der Waals surface area contributed by atoms with E-state index < -0.39 is 0 Å². The van der Waals surface area contributed by atoms with Gasteiger partial charge in [0.25, 0.3) is 0 Å². The second-order valence-electron chi connectivity index (χ2n) is 3.36. The van der Waals surface area contributed by atoms with Crippen molar-refractivity contribution in [2.75, 3.05) is 33.4 Å². The predicted octanol–water partition coefficient (Wildman–Crippen LogP) is -0.157. The zero-order chi connectivity index (χ0) is 9.68. The molecule has 1 aliphatic heterocycles. The lowest BCUT2D eigenvalue weighted by Gasteiger charge is -2.27. The van der Waals surface area contributed by atoms with Crippen LogP contribution in [0.4, 0.5) is 0 Å². The van der Waals surface area contributed by atoms with Gasteiger partial charge in [-0.1, -0.05) is 0 Å². The molecule has 1 amide bonds. The van der Waals surface area contributed by atoms with E-state index in [-0.39, 0.29) is 11.9 Å². The molecule has 0 saturated carbocycles. The van der Waals surface area contributed by atoms with E-state index in [1.54, 1.807) is 0 Å². The number of hydrogen-bond donors (Lipinski definition) is 1. The van der Waals surface area contributed by atoms with E-state index in [2.05, 4.69) is 12.2 Å². The van der Waals surface area contributed by atoms with E-state index in [4.69, 9.17) is 4.74 Å². The van der Waals surface area contributed by atoms with Crippen LogP contribution >= 0.6 is 0 Å². The summed E-state index contributed by atoms with van der Waals surface area (Å²) in [5.41, 5.74) is 0. The number of amides is 1. The Hall–Kier alpha value is -0.610. The molecular weight excluding hydrogens is 168 g/mol. The van der Waals surface area contributed by atoms with Crippen LogP contribution < -0.4 is 5.32 Å². The summed E-state index contributed by atoms with van der Waals surface area (Å²) in [6.45, 7) is 4.86. The van der Waals surface area contributed by atoms with Crippen molar-refractivity contribution in [1.29, 1.82) is 0 Å². The van der Waals surface area contributed by atoms with Crippen molar-refractivity contribution in [3.8, 4) is 0 Å². The monoisotopic (exact) mass is 186 g/mol. The molecule has 0 aromatic heterocycles. The van der Waals surface area contributed by atoms with Crippen LogP contribution in [0.15, 0.2) is 0 Å². The summed E-state index contributed by atoms with van der Waals surface area (Å²) in [5, 5.41) is 3.07. The fourth-order valence-electron chi connectivity index (χ4n) is 1.56. The van der Waals surface area contributed by atoms with Gasteiger partial charge in [0.15, 0.2) is 0 Å². The second-order valence-corrected chi connectivity index (χ2v) is 3.36. The topological polar surface area (TPSA) is 41.6 Å². The Bertz CT molecular complexity index is 173. The van der Waals surface area contributed by atoms with Gasteiger partial charge in [-0.25, -0.2) is 0 Å². The third-order valence-corrected chi connectivity index (χ3v) is 2.29. The lowest BCUT2D eigenvalue weighted by Crippen LogP contribution is -2.43. The first kappa shape index (κ1) is 10.5. The minimum atomic E-state index is 0.209. The average molecular weight is 186 g/mol. The summed E-state index contributed by atoms with van der Waals surface area (Å²) < 4.78 is 5.24. The van der Waals surface area contributed by atoms with Crippen molar-refractivity contribution in [2.45, 2.75) is 19.4 Å². The van der Waals surface area contributed by atoms with E-state index in [0.717, 1.165) is 13.1 Å². The molecule has 4 nitrogen and oxygen atoms in total. The maximum absolute atomic E-state index is 11.5. The van der Waals surface area contributed by atoms with Gasteiger partial charge in [0, 0.05) is 19.1 Å². The van der Waals surface area contributed by atoms with E-state index in [1.165, 1.54) is 0 Å². The third kappa shape index (κ3) is 2.97. The highest BCUT2D eigenvalue weighted by Crippen LogP contribution is 2.05. The predicted molar refractivity (Wildman–Crippen MR) is 50.5 cm³/mol. The fraction of sp³-hybridized carbons (Fsp3) is 0.889. The van der Waals surface area contributed by atoms with Crippen LogP contribution in [0.1, 0.15) is 13.3 Å². The Kier molecular flexibility index (Phi) is 4.18. The summed E-state index contributed by atoms with van der Waals surface area (Å²) in [4.78, 5) is 13.4. The molecule has 0 spiro atoms. The van der Waals surface area contributed by atoms with Gasteiger partial charge in [0.05, 0.1) is 19.6 Å². The molecule has 1 unspecified atom stereocenters. The van der Waals surface area contributed by atoms with E-state index in [1.807, 2.05) is 11.9 Å². The normalized spacial score (nSPS) is 21.4.